The second-order valence-electron chi connectivity index (χ2n) is 8.10. The van der Waals surface area contributed by atoms with Crippen molar-refractivity contribution in [3.63, 3.8) is 0 Å². The normalized spacial score (nSPS) is 20.1. The summed E-state index contributed by atoms with van der Waals surface area (Å²) < 4.78 is 17.3. The first-order valence-corrected chi connectivity index (χ1v) is 11.6. The van der Waals surface area contributed by atoms with Gasteiger partial charge in [0.15, 0.2) is 17.3 Å². The molecule has 0 bridgehead atoms. The molecule has 2 aromatic carbocycles. The Morgan fingerprint density at radius 1 is 1.12 bits per heavy atom. The largest absolute Gasteiger partial charge is 0.493 e. The van der Waals surface area contributed by atoms with Crippen molar-refractivity contribution in [3.05, 3.63) is 81.6 Å². The molecule has 1 aliphatic carbocycles. The third-order valence-electron chi connectivity index (χ3n) is 6.10. The third kappa shape index (κ3) is 4.55. The highest BCUT2D eigenvalue weighted by Gasteiger charge is 2.44. The van der Waals surface area contributed by atoms with Crippen LogP contribution in [0.1, 0.15) is 36.3 Å². The fraction of sp³-hybridized carbons (Fsp3) is 0.308. The van der Waals surface area contributed by atoms with Crippen LogP contribution in [-0.2, 0) is 20.9 Å². The van der Waals surface area contributed by atoms with Crippen LogP contribution in [0.2, 0.25) is 0 Å². The number of hydrogen-bond donors (Lipinski definition) is 1. The fourth-order valence-corrected chi connectivity index (χ4v) is 5.10. The number of ether oxygens (including phenoxy) is 3. The van der Waals surface area contributed by atoms with Crippen LogP contribution < -0.4 is 14.8 Å². The first-order chi connectivity index (χ1) is 15.9. The molecule has 33 heavy (non-hydrogen) atoms. The number of methoxy groups -OCH3 is 2. The van der Waals surface area contributed by atoms with E-state index in [0.717, 1.165) is 29.7 Å². The Morgan fingerprint density at radius 3 is 2.52 bits per heavy atom. The van der Waals surface area contributed by atoms with Gasteiger partial charge in [0.2, 0.25) is 0 Å². The highest BCUT2D eigenvalue weighted by atomic mass is 79.9. The van der Waals surface area contributed by atoms with Crippen molar-refractivity contribution in [1.29, 1.82) is 0 Å². The maximum Gasteiger partial charge on any atom is 0.316 e. The minimum absolute atomic E-state index is 0.0313. The number of ketones is 1. The zero-order valence-corrected chi connectivity index (χ0v) is 20.2. The number of halogens is 1. The van der Waals surface area contributed by atoms with Crippen molar-refractivity contribution in [2.45, 2.75) is 31.8 Å². The van der Waals surface area contributed by atoms with E-state index in [0.29, 0.717) is 33.7 Å². The number of rotatable bonds is 6. The lowest BCUT2D eigenvalue weighted by Gasteiger charge is -2.38. The van der Waals surface area contributed by atoms with Gasteiger partial charge < -0.3 is 19.5 Å². The summed E-state index contributed by atoms with van der Waals surface area (Å²) in [6.07, 6.45) is 1.94. The van der Waals surface area contributed by atoms with Crippen LogP contribution in [0.15, 0.2) is 70.5 Å². The fourth-order valence-electron chi connectivity index (χ4n) is 4.53. The van der Waals surface area contributed by atoms with Crippen molar-refractivity contribution in [1.82, 2.24) is 5.32 Å². The molecule has 172 valence electrons. The molecule has 7 heteroatoms. The Morgan fingerprint density at radius 2 is 1.82 bits per heavy atom. The Bertz CT molecular complexity index is 1130. The van der Waals surface area contributed by atoms with Crippen LogP contribution in [0.4, 0.5) is 0 Å². The van der Waals surface area contributed by atoms with Crippen LogP contribution in [0.25, 0.3) is 0 Å². The smallest absolute Gasteiger partial charge is 0.316 e. The Balaban J connectivity index is 1.78. The van der Waals surface area contributed by atoms with Gasteiger partial charge in [-0.2, -0.15) is 0 Å². The molecule has 1 N–H and O–H groups in total. The van der Waals surface area contributed by atoms with Gasteiger partial charge in [0.25, 0.3) is 0 Å². The molecule has 0 amide bonds. The number of carbonyl (C=O) groups excluding carboxylic acids is 2. The van der Waals surface area contributed by atoms with Gasteiger partial charge in [-0.25, -0.2) is 0 Å². The molecule has 2 atom stereocenters. The molecular weight excluding hydrogens is 486 g/mol. The van der Waals surface area contributed by atoms with E-state index in [1.165, 1.54) is 0 Å². The van der Waals surface area contributed by atoms with Gasteiger partial charge in [-0.1, -0.05) is 52.8 Å². The van der Waals surface area contributed by atoms with Crippen molar-refractivity contribution in [2.24, 2.45) is 5.92 Å². The lowest BCUT2D eigenvalue weighted by Crippen LogP contribution is -2.41. The predicted octanol–water partition coefficient (Wildman–Crippen LogP) is 5.03. The highest BCUT2D eigenvalue weighted by Crippen LogP contribution is 2.48. The number of Topliss-reactive ketones (excluding diaryl/α,β-unsaturated/α-hetero) is 1. The standard InChI is InChI=1S/C26H26BrNO5/c1-15-23(26(30)33-14-16-8-5-4-6-9-16)24(25-19(28-15)10-7-11-20(25)29)17-12-21(31-2)22(32-3)13-18(17)27/h4-6,8-9,12-13,23-24,28H,1,7,10-11,14H2,2-3H3. The molecule has 6 nitrogen and oxygen atoms in total. The van der Waals surface area contributed by atoms with E-state index in [4.69, 9.17) is 14.2 Å². The van der Waals surface area contributed by atoms with Crippen molar-refractivity contribution < 1.29 is 23.8 Å². The second-order valence-corrected chi connectivity index (χ2v) is 8.95. The van der Waals surface area contributed by atoms with Crippen LogP contribution >= 0.6 is 15.9 Å². The Hall–Kier alpha value is -3.06. The second kappa shape index (κ2) is 9.83. The Kier molecular flexibility index (Phi) is 6.88. The molecule has 4 rings (SSSR count). The van der Waals surface area contributed by atoms with Crippen molar-refractivity contribution in [2.75, 3.05) is 14.2 Å². The molecule has 0 saturated heterocycles. The quantitative estimate of drug-likeness (QED) is 0.548. The van der Waals surface area contributed by atoms with Crippen LogP contribution in [-0.4, -0.2) is 26.0 Å². The SMILES string of the molecule is C=C1NC2=C(C(=O)CCC2)C(c2cc(OC)c(OC)cc2Br)C1C(=O)OCc1ccccc1. The average molecular weight is 512 g/mol. The first kappa shape index (κ1) is 23.1. The molecule has 2 aromatic rings. The average Bonchev–Trinajstić information content (AvgIpc) is 2.82. The molecule has 1 aliphatic heterocycles. The van der Waals surface area contributed by atoms with Gasteiger partial charge in [-0.3, -0.25) is 9.59 Å². The van der Waals surface area contributed by atoms with Gasteiger partial charge in [-0.15, -0.1) is 0 Å². The summed E-state index contributed by atoms with van der Waals surface area (Å²) in [5.74, 6) is -0.672. The molecule has 0 spiro atoms. The molecule has 0 fully saturated rings. The maximum atomic E-state index is 13.4. The van der Waals surface area contributed by atoms with Crippen LogP contribution in [0.3, 0.4) is 0 Å². The minimum atomic E-state index is -0.774. The van der Waals surface area contributed by atoms with Crippen LogP contribution in [0.5, 0.6) is 11.5 Å². The number of allylic oxidation sites excluding steroid dienone is 2. The summed E-state index contributed by atoms with van der Waals surface area (Å²) in [7, 11) is 3.12. The van der Waals surface area contributed by atoms with E-state index in [1.54, 1.807) is 20.3 Å². The Labute approximate surface area is 201 Å². The molecule has 0 aromatic heterocycles. The highest BCUT2D eigenvalue weighted by molar-refractivity contribution is 9.10. The topological polar surface area (TPSA) is 73.9 Å². The van der Waals surface area contributed by atoms with E-state index in [-0.39, 0.29) is 12.4 Å². The molecule has 1 heterocycles. The monoisotopic (exact) mass is 511 g/mol. The van der Waals surface area contributed by atoms with Gasteiger partial charge in [-0.05, 0) is 36.1 Å². The minimum Gasteiger partial charge on any atom is -0.493 e. The van der Waals surface area contributed by atoms with Crippen molar-refractivity contribution >= 4 is 27.7 Å². The molecular formula is C26H26BrNO5. The number of hydrogen-bond acceptors (Lipinski definition) is 6. The van der Waals surface area contributed by atoms with Gasteiger partial charge >= 0.3 is 5.97 Å². The molecule has 0 radical (unpaired) electrons. The zero-order chi connectivity index (χ0) is 23.5. The summed E-state index contributed by atoms with van der Waals surface area (Å²) in [5, 5.41) is 3.24. The number of esters is 1. The van der Waals surface area contributed by atoms with Crippen molar-refractivity contribution in [3.8, 4) is 11.5 Å². The first-order valence-electron chi connectivity index (χ1n) is 10.8. The van der Waals surface area contributed by atoms with Gasteiger partial charge in [0, 0.05) is 33.8 Å². The summed E-state index contributed by atoms with van der Waals surface area (Å²) in [4.78, 5) is 26.5. The lowest BCUT2D eigenvalue weighted by atomic mass is 9.71. The number of benzene rings is 2. The van der Waals surface area contributed by atoms with E-state index >= 15 is 0 Å². The number of nitrogens with one attached hydrogen (secondary N) is 1. The van der Waals surface area contributed by atoms with E-state index < -0.39 is 17.8 Å². The zero-order valence-electron chi connectivity index (χ0n) is 18.7. The van der Waals surface area contributed by atoms with Gasteiger partial charge in [0.05, 0.1) is 14.2 Å². The van der Waals surface area contributed by atoms with Crippen LogP contribution in [0, 0.1) is 5.92 Å². The van der Waals surface area contributed by atoms with E-state index in [1.807, 2.05) is 36.4 Å². The summed E-state index contributed by atoms with van der Waals surface area (Å²) >= 11 is 3.62. The summed E-state index contributed by atoms with van der Waals surface area (Å²) in [6.45, 7) is 4.28. The lowest BCUT2D eigenvalue weighted by molar-refractivity contribution is -0.149. The maximum absolute atomic E-state index is 13.4. The molecule has 2 aliphatic rings. The molecule has 2 unspecified atom stereocenters. The predicted molar refractivity (Wildman–Crippen MR) is 128 cm³/mol. The number of carbonyl (C=O) groups is 2. The summed E-state index contributed by atoms with van der Waals surface area (Å²) in [5.41, 5.74) is 3.60. The van der Waals surface area contributed by atoms with Gasteiger partial charge in [0.1, 0.15) is 12.5 Å². The molecule has 0 saturated carbocycles. The third-order valence-corrected chi connectivity index (χ3v) is 6.79. The summed E-state index contributed by atoms with van der Waals surface area (Å²) in [6, 6.07) is 13.1. The van der Waals surface area contributed by atoms with E-state index in [9.17, 15) is 9.59 Å². The van der Waals surface area contributed by atoms with E-state index in [2.05, 4.69) is 27.8 Å².